The van der Waals surface area contributed by atoms with Gasteiger partial charge in [-0.1, -0.05) is 0 Å². The Morgan fingerprint density at radius 1 is 1.12 bits per heavy atom. The lowest BCUT2D eigenvalue weighted by Crippen LogP contribution is -2.39. The van der Waals surface area contributed by atoms with E-state index in [0.29, 0.717) is 32.5 Å². The Morgan fingerprint density at radius 3 is 2.50 bits per heavy atom. The van der Waals surface area contributed by atoms with E-state index in [9.17, 15) is 17.6 Å². The second-order valence-corrected chi connectivity index (χ2v) is 8.53. The molecular weight excluding hydrogens is 381 g/mol. The molecule has 2 aliphatic rings. The van der Waals surface area contributed by atoms with Gasteiger partial charge >= 0.3 is 0 Å². The van der Waals surface area contributed by atoms with E-state index in [2.05, 4.69) is 5.32 Å². The molecule has 0 aromatic heterocycles. The molecule has 2 saturated heterocycles. The van der Waals surface area contributed by atoms with Gasteiger partial charge in [0.25, 0.3) is 0 Å². The number of nitrogens with one attached hydrogen (secondary N) is 1. The Balaban J connectivity index is 0.00000243. The van der Waals surface area contributed by atoms with E-state index in [1.165, 1.54) is 16.4 Å². The van der Waals surface area contributed by atoms with E-state index in [1.807, 2.05) is 0 Å². The normalized spacial score (nSPS) is 21.9. The summed E-state index contributed by atoms with van der Waals surface area (Å²) in [5.74, 6) is -0.382. The van der Waals surface area contributed by atoms with Crippen molar-refractivity contribution in [3.05, 3.63) is 30.1 Å². The Kier molecular flexibility index (Phi) is 7.40. The van der Waals surface area contributed by atoms with Gasteiger partial charge in [-0.15, -0.1) is 12.4 Å². The lowest BCUT2D eigenvalue weighted by atomic mass is 10.1. The molecule has 0 radical (unpaired) electrons. The fourth-order valence-electron chi connectivity index (χ4n) is 3.41. The number of sulfonamides is 1. The average molecular weight is 406 g/mol. The van der Waals surface area contributed by atoms with Gasteiger partial charge in [0.05, 0.1) is 4.90 Å². The van der Waals surface area contributed by atoms with Crippen LogP contribution in [0.4, 0.5) is 4.39 Å². The number of halogens is 2. The number of carbonyl (C=O) groups excluding carboxylic acids is 1. The first kappa shape index (κ1) is 21.1. The third-order valence-electron chi connectivity index (χ3n) is 4.84. The van der Waals surface area contributed by atoms with E-state index in [0.717, 1.165) is 31.5 Å². The highest BCUT2D eigenvalue weighted by atomic mass is 35.5. The average Bonchev–Trinajstić information content (AvgIpc) is 2.95. The topological polar surface area (TPSA) is 69.7 Å². The van der Waals surface area contributed by atoms with Gasteiger partial charge in [-0.2, -0.15) is 4.31 Å². The molecule has 1 amide bonds. The van der Waals surface area contributed by atoms with E-state index in [-0.39, 0.29) is 35.8 Å². The van der Waals surface area contributed by atoms with Gasteiger partial charge in [0.1, 0.15) is 5.82 Å². The minimum absolute atomic E-state index is 0. The molecule has 1 unspecified atom stereocenters. The second kappa shape index (κ2) is 9.12. The first-order chi connectivity index (χ1) is 12.0. The van der Waals surface area contributed by atoms with Gasteiger partial charge in [0.15, 0.2) is 0 Å². The van der Waals surface area contributed by atoms with Crippen molar-refractivity contribution < 1.29 is 17.6 Å². The molecule has 0 bridgehead atoms. The van der Waals surface area contributed by atoms with Crippen LogP contribution in [0.1, 0.15) is 25.7 Å². The molecule has 0 aliphatic carbocycles. The van der Waals surface area contributed by atoms with Crippen molar-refractivity contribution in [2.75, 3.05) is 32.7 Å². The number of nitrogens with zero attached hydrogens (tertiary/aromatic N) is 2. The molecule has 9 heteroatoms. The smallest absolute Gasteiger partial charge is 0.243 e. The summed E-state index contributed by atoms with van der Waals surface area (Å²) in [7, 11) is -3.66. The minimum Gasteiger partial charge on any atom is -0.341 e. The van der Waals surface area contributed by atoms with Crippen molar-refractivity contribution >= 4 is 28.3 Å². The summed E-state index contributed by atoms with van der Waals surface area (Å²) >= 11 is 0. The van der Waals surface area contributed by atoms with Gasteiger partial charge in [-0.25, -0.2) is 12.8 Å². The van der Waals surface area contributed by atoms with Crippen molar-refractivity contribution in [2.45, 2.75) is 36.6 Å². The zero-order chi connectivity index (χ0) is 17.9. The summed E-state index contributed by atoms with van der Waals surface area (Å²) in [6.07, 6.45) is 3.20. The summed E-state index contributed by atoms with van der Waals surface area (Å²) in [5.41, 5.74) is 0. The molecule has 3 rings (SSSR count). The van der Waals surface area contributed by atoms with Gasteiger partial charge in [0.2, 0.25) is 15.9 Å². The second-order valence-electron chi connectivity index (χ2n) is 6.59. The first-order valence-electron chi connectivity index (χ1n) is 8.74. The van der Waals surface area contributed by atoms with Crippen LogP contribution in [0.25, 0.3) is 0 Å². The molecule has 1 atom stereocenters. The Labute approximate surface area is 160 Å². The highest BCUT2D eigenvalue weighted by Gasteiger charge is 2.29. The molecule has 146 valence electrons. The van der Waals surface area contributed by atoms with Crippen LogP contribution in [-0.2, 0) is 14.8 Å². The number of carbonyl (C=O) groups is 1. The maximum Gasteiger partial charge on any atom is 0.243 e. The van der Waals surface area contributed by atoms with Crippen molar-refractivity contribution in [1.82, 2.24) is 14.5 Å². The number of amides is 1. The molecule has 6 nitrogen and oxygen atoms in total. The van der Waals surface area contributed by atoms with Crippen LogP contribution in [0, 0.1) is 5.82 Å². The third-order valence-corrected chi connectivity index (χ3v) is 6.76. The van der Waals surface area contributed by atoms with Crippen molar-refractivity contribution in [3.63, 3.8) is 0 Å². The summed E-state index contributed by atoms with van der Waals surface area (Å²) < 4.78 is 39.8. The number of hydrogen-bond acceptors (Lipinski definition) is 4. The van der Waals surface area contributed by atoms with E-state index in [1.54, 1.807) is 4.90 Å². The zero-order valence-electron chi connectivity index (χ0n) is 14.6. The van der Waals surface area contributed by atoms with Crippen LogP contribution in [0.15, 0.2) is 29.2 Å². The molecule has 2 heterocycles. The highest BCUT2D eigenvalue weighted by molar-refractivity contribution is 7.89. The lowest BCUT2D eigenvalue weighted by molar-refractivity contribution is -0.131. The van der Waals surface area contributed by atoms with Crippen LogP contribution in [0.5, 0.6) is 0 Å². The van der Waals surface area contributed by atoms with E-state index >= 15 is 0 Å². The molecule has 1 aromatic carbocycles. The van der Waals surface area contributed by atoms with Crippen LogP contribution in [0.3, 0.4) is 0 Å². The fraction of sp³-hybridized carbons (Fsp3) is 0.588. The van der Waals surface area contributed by atoms with Crippen molar-refractivity contribution in [3.8, 4) is 0 Å². The quantitative estimate of drug-likeness (QED) is 0.826. The van der Waals surface area contributed by atoms with Crippen molar-refractivity contribution in [1.29, 1.82) is 0 Å². The summed E-state index contributed by atoms with van der Waals surface area (Å²) in [6, 6.07) is 5.11. The van der Waals surface area contributed by atoms with E-state index in [4.69, 9.17) is 0 Å². The van der Waals surface area contributed by atoms with Crippen LogP contribution >= 0.6 is 12.4 Å². The molecule has 0 saturated carbocycles. The molecule has 2 fully saturated rings. The van der Waals surface area contributed by atoms with Crippen LogP contribution in [-0.4, -0.2) is 62.3 Å². The number of benzene rings is 1. The zero-order valence-corrected chi connectivity index (χ0v) is 16.2. The summed E-state index contributed by atoms with van der Waals surface area (Å²) in [5, 5.41) is 3.32. The van der Waals surface area contributed by atoms with Crippen LogP contribution < -0.4 is 5.32 Å². The van der Waals surface area contributed by atoms with Crippen molar-refractivity contribution in [2.24, 2.45) is 0 Å². The summed E-state index contributed by atoms with van der Waals surface area (Å²) in [4.78, 5) is 14.3. The van der Waals surface area contributed by atoms with Gasteiger partial charge in [-0.05, 0) is 50.1 Å². The largest absolute Gasteiger partial charge is 0.341 e. The number of hydrogen-bond donors (Lipinski definition) is 1. The summed E-state index contributed by atoms with van der Waals surface area (Å²) in [6.45, 7) is 2.56. The fourth-order valence-corrected chi connectivity index (χ4v) is 4.88. The molecule has 26 heavy (non-hydrogen) atoms. The maximum atomic E-state index is 13.0. The molecule has 2 aliphatic heterocycles. The lowest BCUT2D eigenvalue weighted by Gasteiger charge is -2.23. The highest BCUT2D eigenvalue weighted by Crippen LogP contribution is 2.19. The maximum absolute atomic E-state index is 13.0. The van der Waals surface area contributed by atoms with Gasteiger partial charge in [-0.3, -0.25) is 4.79 Å². The Bertz CT molecular complexity index is 708. The number of rotatable bonds is 4. The SMILES string of the molecule is Cl.O=C(CC1CCCN1)N1CCCN(S(=O)(=O)c2ccc(F)cc2)CC1. The predicted octanol–water partition coefficient (Wildman–Crippen LogP) is 1.61. The predicted molar refractivity (Wildman–Crippen MR) is 99.2 cm³/mol. The Morgan fingerprint density at radius 2 is 1.85 bits per heavy atom. The Hall–Kier alpha value is -1.22. The molecule has 1 N–H and O–H groups in total. The van der Waals surface area contributed by atoms with Gasteiger partial charge < -0.3 is 10.2 Å². The molecular formula is C17H25ClFN3O3S. The van der Waals surface area contributed by atoms with Crippen LogP contribution in [0.2, 0.25) is 0 Å². The van der Waals surface area contributed by atoms with E-state index < -0.39 is 15.8 Å². The standard InChI is InChI=1S/C17H24FN3O3S.ClH/c18-14-4-6-16(7-5-14)25(23,24)21-10-2-9-20(11-12-21)17(22)13-15-3-1-8-19-15;/h4-7,15,19H,1-3,8-13H2;1H. The molecule has 1 aromatic rings. The van der Waals surface area contributed by atoms with Gasteiger partial charge in [0, 0.05) is 38.6 Å². The first-order valence-corrected chi connectivity index (χ1v) is 10.2. The third kappa shape index (κ3) is 4.94. The monoisotopic (exact) mass is 405 g/mol. The molecule has 0 spiro atoms. The minimum atomic E-state index is -3.66.